The van der Waals surface area contributed by atoms with Crippen LogP contribution in [0.3, 0.4) is 0 Å². The maximum atomic E-state index is 12.4. The summed E-state index contributed by atoms with van der Waals surface area (Å²) in [6.07, 6.45) is 5.32. The Hall–Kier alpha value is -2.47. The SMILES string of the molecule is C=CC[C@@H]1C[C@]2([C@H](C)Cc3cc(OC)c(OC)c(OC)c3)OCOC2=CC1=O. The van der Waals surface area contributed by atoms with Crippen LogP contribution in [0.1, 0.15) is 25.3 Å². The van der Waals surface area contributed by atoms with Crippen LogP contribution in [0.25, 0.3) is 0 Å². The maximum Gasteiger partial charge on any atom is 0.203 e. The Bertz CT molecular complexity index is 758. The van der Waals surface area contributed by atoms with Crippen molar-refractivity contribution in [1.82, 2.24) is 0 Å². The van der Waals surface area contributed by atoms with E-state index in [0.717, 1.165) is 5.56 Å². The highest BCUT2D eigenvalue weighted by atomic mass is 16.7. The van der Waals surface area contributed by atoms with E-state index in [1.54, 1.807) is 33.5 Å². The fourth-order valence-corrected chi connectivity index (χ4v) is 4.19. The summed E-state index contributed by atoms with van der Waals surface area (Å²) in [4.78, 5) is 12.4. The number of hydrogen-bond acceptors (Lipinski definition) is 6. The Kier molecular flexibility index (Phi) is 5.98. The number of benzene rings is 1. The summed E-state index contributed by atoms with van der Waals surface area (Å²) in [7, 11) is 4.79. The molecule has 1 aliphatic carbocycles. The number of hydrogen-bond donors (Lipinski definition) is 0. The van der Waals surface area contributed by atoms with Crippen molar-refractivity contribution in [1.29, 1.82) is 0 Å². The van der Waals surface area contributed by atoms with Crippen molar-refractivity contribution in [2.45, 2.75) is 31.8 Å². The third-order valence-electron chi connectivity index (χ3n) is 5.69. The molecule has 0 amide bonds. The number of carbonyl (C=O) groups is 1. The molecule has 1 aliphatic heterocycles. The minimum atomic E-state index is -0.609. The van der Waals surface area contributed by atoms with Gasteiger partial charge in [-0.15, -0.1) is 6.58 Å². The molecule has 1 aromatic rings. The van der Waals surface area contributed by atoms with E-state index in [1.165, 1.54) is 0 Å². The van der Waals surface area contributed by atoms with Crippen molar-refractivity contribution in [3.05, 3.63) is 42.2 Å². The van der Waals surface area contributed by atoms with Crippen LogP contribution in [0, 0.1) is 11.8 Å². The van der Waals surface area contributed by atoms with E-state index >= 15 is 0 Å². The van der Waals surface area contributed by atoms with Crippen LogP contribution in [0.4, 0.5) is 0 Å². The predicted octanol–water partition coefficient (Wildman–Crippen LogP) is 3.68. The second kappa shape index (κ2) is 8.27. The quantitative estimate of drug-likeness (QED) is 0.633. The van der Waals surface area contributed by atoms with Crippen LogP contribution < -0.4 is 14.2 Å². The minimum absolute atomic E-state index is 0.0736. The highest BCUT2D eigenvalue weighted by molar-refractivity contribution is 5.93. The van der Waals surface area contributed by atoms with Gasteiger partial charge in [0.05, 0.1) is 21.3 Å². The van der Waals surface area contributed by atoms with Crippen LogP contribution in [-0.2, 0) is 20.7 Å². The average Bonchev–Trinajstić information content (AvgIpc) is 3.11. The number of methoxy groups -OCH3 is 3. The molecular formula is C22H28O6. The van der Waals surface area contributed by atoms with Crippen molar-refractivity contribution >= 4 is 5.78 Å². The van der Waals surface area contributed by atoms with Crippen LogP contribution >= 0.6 is 0 Å². The van der Waals surface area contributed by atoms with Crippen molar-refractivity contribution in [3.63, 3.8) is 0 Å². The van der Waals surface area contributed by atoms with E-state index in [4.69, 9.17) is 23.7 Å². The number of ketones is 1. The topological polar surface area (TPSA) is 63.2 Å². The Balaban J connectivity index is 1.91. The van der Waals surface area contributed by atoms with Crippen LogP contribution in [0.15, 0.2) is 36.6 Å². The smallest absolute Gasteiger partial charge is 0.203 e. The highest BCUT2D eigenvalue weighted by Crippen LogP contribution is 2.47. The van der Waals surface area contributed by atoms with Gasteiger partial charge in [-0.1, -0.05) is 13.0 Å². The number of ether oxygens (including phenoxy) is 5. The third kappa shape index (κ3) is 3.49. The lowest BCUT2D eigenvalue weighted by atomic mass is 9.71. The molecular weight excluding hydrogens is 360 g/mol. The fraction of sp³-hybridized carbons (Fsp3) is 0.500. The molecule has 2 aliphatic rings. The summed E-state index contributed by atoms with van der Waals surface area (Å²) in [6.45, 7) is 6.06. The van der Waals surface area contributed by atoms with E-state index < -0.39 is 5.60 Å². The Morgan fingerprint density at radius 2 is 1.93 bits per heavy atom. The van der Waals surface area contributed by atoms with Crippen LogP contribution in [-0.4, -0.2) is 39.5 Å². The fourth-order valence-electron chi connectivity index (χ4n) is 4.19. The van der Waals surface area contributed by atoms with E-state index in [1.807, 2.05) is 12.1 Å². The number of rotatable bonds is 8. The van der Waals surface area contributed by atoms with E-state index in [0.29, 0.717) is 42.3 Å². The summed E-state index contributed by atoms with van der Waals surface area (Å²) in [6, 6.07) is 3.89. The van der Waals surface area contributed by atoms with Gasteiger partial charge in [0.25, 0.3) is 0 Å². The highest BCUT2D eigenvalue weighted by Gasteiger charge is 2.51. The van der Waals surface area contributed by atoms with Gasteiger partial charge in [0, 0.05) is 12.0 Å². The predicted molar refractivity (Wildman–Crippen MR) is 105 cm³/mol. The maximum absolute atomic E-state index is 12.4. The van der Waals surface area contributed by atoms with E-state index in [-0.39, 0.29) is 24.4 Å². The molecule has 0 saturated carbocycles. The lowest BCUT2D eigenvalue weighted by molar-refractivity contribution is -0.123. The molecule has 0 aromatic heterocycles. The zero-order chi connectivity index (χ0) is 20.3. The monoisotopic (exact) mass is 388 g/mol. The first-order valence-corrected chi connectivity index (χ1v) is 9.41. The molecule has 0 radical (unpaired) electrons. The Morgan fingerprint density at radius 1 is 1.25 bits per heavy atom. The second-order valence-electron chi connectivity index (χ2n) is 7.27. The molecule has 0 N–H and O–H groups in total. The number of fused-ring (bicyclic) bond motifs is 1. The van der Waals surface area contributed by atoms with Gasteiger partial charge in [0.1, 0.15) is 11.4 Å². The summed E-state index contributed by atoms with van der Waals surface area (Å²) in [5.74, 6) is 2.45. The first kappa shape index (κ1) is 20.3. The van der Waals surface area contributed by atoms with E-state index in [9.17, 15) is 4.79 Å². The average molecular weight is 388 g/mol. The molecule has 1 fully saturated rings. The van der Waals surface area contributed by atoms with Crippen molar-refractivity contribution < 1.29 is 28.5 Å². The van der Waals surface area contributed by atoms with E-state index in [2.05, 4.69) is 13.5 Å². The summed E-state index contributed by atoms with van der Waals surface area (Å²) < 4.78 is 28.1. The minimum Gasteiger partial charge on any atom is -0.493 e. The second-order valence-corrected chi connectivity index (χ2v) is 7.27. The lowest BCUT2D eigenvalue weighted by Crippen LogP contribution is -2.44. The normalized spacial score (nSPS) is 24.6. The van der Waals surface area contributed by atoms with Gasteiger partial charge in [0.2, 0.25) is 5.75 Å². The lowest BCUT2D eigenvalue weighted by Gasteiger charge is -2.38. The van der Waals surface area contributed by atoms with Gasteiger partial charge in [-0.2, -0.15) is 0 Å². The largest absolute Gasteiger partial charge is 0.493 e. The summed E-state index contributed by atoms with van der Waals surface area (Å²) >= 11 is 0. The van der Waals surface area contributed by atoms with Gasteiger partial charge >= 0.3 is 0 Å². The Morgan fingerprint density at radius 3 is 2.50 bits per heavy atom. The molecule has 0 unspecified atom stereocenters. The standard InChI is InChI=1S/C22H28O6/c1-6-7-16-12-22(20(11-17(16)23)27-13-28-22)14(2)8-15-9-18(24-3)21(26-5)19(10-15)25-4/h6,9-11,14,16H,1,7-8,12-13H2,2-5H3/t14-,16-,22-/m1/s1. The third-order valence-corrected chi connectivity index (χ3v) is 5.69. The molecule has 152 valence electrons. The molecule has 3 rings (SSSR count). The molecule has 3 atom stereocenters. The van der Waals surface area contributed by atoms with Gasteiger partial charge < -0.3 is 23.7 Å². The molecule has 28 heavy (non-hydrogen) atoms. The zero-order valence-corrected chi connectivity index (χ0v) is 16.9. The van der Waals surface area contributed by atoms with Gasteiger partial charge in [-0.05, 0) is 42.9 Å². The van der Waals surface area contributed by atoms with Crippen molar-refractivity contribution in [2.75, 3.05) is 28.1 Å². The summed E-state index contributed by atoms with van der Waals surface area (Å²) in [5.41, 5.74) is 0.422. The summed E-state index contributed by atoms with van der Waals surface area (Å²) in [5, 5.41) is 0. The van der Waals surface area contributed by atoms with Gasteiger partial charge in [-0.25, -0.2) is 0 Å². The zero-order valence-electron chi connectivity index (χ0n) is 16.9. The van der Waals surface area contributed by atoms with Gasteiger partial charge in [-0.3, -0.25) is 4.79 Å². The number of carbonyl (C=O) groups excluding carboxylic acids is 1. The van der Waals surface area contributed by atoms with Crippen LogP contribution in [0.5, 0.6) is 17.2 Å². The Labute approximate surface area is 166 Å². The molecule has 0 bridgehead atoms. The molecule has 1 saturated heterocycles. The molecule has 1 heterocycles. The molecule has 6 nitrogen and oxygen atoms in total. The first-order valence-electron chi connectivity index (χ1n) is 9.41. The number of allylic oxidation sites excluding steroid dienone is 2. The van der Waals surface area contributed by atoms with Gasteiger partial charge in [0.15, 0.2) is 24.1 Å². The van der Waals surface area contributed by atoms with Crippen molar-refractivity contribution in [3.8, 4) is 17.2 Å². The molecule has 0 spiro atoms. The van der Waals surface area contributed by atoms with Crippen molar-refractivity contribution in [2.24, 2.45) is 11.8 Å². The molecule has 6 heteroatoms. The first-order chi connectivity index (χ1) is 13.5. The molecule has 1 aromatic carbocycles. The van der Waals surface area contributed by atoms with Crippen LogP contribution in [0.2, 0.25) is 0 Å².